The zero-order chi connectivity index (χ0) is 24.0. The van der Waals surface area contributed by atoms with Gasteiger partial charge in [0.25, 0.3) is 5.91 Å². The Morgan fingerprint density at radius 3 is 2.52 bits per heavy atom. The molecule has 0 aliphatic rings. The Balaban J connectivity index is 1.49. The number of esters is 1. The number of sulfonamides is 1. The van der Waals surface area contributed by atoms with E-state index in [1.54, 1.807) is 36.4 Å². The van der Waals surface area contributed by atoms with Crippen LogP contribution in [0.4, 0.5) is 0 Å². The van der Waals surface area contributed by atoms with Gasteiger partial charge >= 0.3 is 11.6 Å². The quantitative estimate of drug-likeness (QED) is 0.362. The molecule has 3 aromatic rings. The first-order chi connectivity index (χ1) is 15.7. The van der Waals surface area contributed by atoms with Crippen LogP contribution in [-0.4, -0.2) is 51.9 Å². The normalized spacial score (nSPS) is 11.4. The molecule has 0 radical (unpaired) electrons. The number of nitrogens with zero attached hydrogens (tertiary/aromatic N) is 1. The molecule has 0 spiro atoms. The molecule has 0 saturated heterocycles. The van der Waals surface area contributed by atoms with E-state index in [-0.39, 0.29) is 17.2 Å². The molecule has 1 amide bonds. The smallest absolute Gasteiger partial charge is 0.344 e. The Morgan fingerprint density at radius 1 is 1.03 bits per heavy atom. The van der Waals surface area contributed by atoms with E-state index in [9.17, 15) is 22.8 Å². The van der Waals surface area contributed by atoms with Crippen LogP contribution in [0.2, 0.25) is 0 Å². The molecule has 2 aromatic carbocycles. The first-order valence-corrected chi connectivity index (χ1v) is 11.2. The van der Waals surface area contributed by atoms with Crippen molar-refractivity contribution in [2.75, 3.05) is 27.3 Å². The topological polar surface area (TPSA) is 132 Å². The summed E-state index contributed by atoms with van der Waals surface area (Å²) in [6, 6.07) is 13.9. The zero-order valence-electron chi connectivity index (χ0n) is 17.9. The monoisotopic (exact) mass is 474 g/mol. The van der Waals surface area contributed by atoms with E-state index >= 15 is 0 Å². The summed E-state index contributed by atoms with van der Waals surface area (Å²) < 4.78 is 41.1. The van der Waals surface area contributed by atoms with Crippen LogP contribution in [0.1, 0.15) is 5.56 Å². The second-order valence-corrected chi connectivity index (χ2v) is 9.20. The average Bonchev–Trinajstić information content (AvgIpc) is 2.79. The molecule has 3 rings (SSSR count). The highest BCUT2D eigenvalue weighted by atomic mass is 32.2. The number of fused-ring (bicyclic) bond motifs is 1. The van der Waals surface area contributed by atoms with Crippen LogP contribution in [0.5, 0.6) is 5.75 Å². The standard InChI is InChI=1S/C22H22N2O8S/c1-24(2)33(28,29)19-6-4-3-5-16(19)12-23-20(25)13-31-22(27)14-30-17-9-7-15-8-10-21(26)32-18(15)11-17/h3-11H,12-14H2,1-2H3,(H,23,25). The summed E-state index contributed by atoms with van der Waals surface area (Å²) >= 11 is 0. The fourth-order valence-corrected chi connectivity index (χ4v) is 3.92. The minimum absolute atomic E-state index is 0.0571. The van der Waals surface area contributed by atoms with Gasteiger partial charge in [0.2, 0.25) is 10.0 Å². The summed E-state index contributed by atoms with van der Waals surface area (Å²) in [5.41, 5.74) is 0.202. The lowest BCUT2D eigenvalue weighted by Crippen LogP contribution is -2.30. The van der Waals surface area contributed by atoms with E-state index in [1.807, 2.05) is 0 Å². The van der Waals surface area contributed by atoms with Crippen molar-refractivity contribution in [3.63, 3.8) is 0 Å². The Kier molecular flexibility index (Phi) is 7.46. The second kappa shape index (κ2) is 10.3. The average molecular weight is 474 g/mol. The molecule has 1 heterocycles. The van der Waals surface area contributed by atoms with E-state index in [4.69, 9.17) is 13.9 Å². The van der Waals surface area contributed by atoms with E-state index in [1.165, 1.54) is 32.3 Å². The summed E-state index contributed by atoms with van der Waals surface area (Å²) in [7, 11) is -0.842. The van der Waals surface area contributed by atoms with Crippen LogP contribution in [-0.2, 0) is 30.9 Å². The third-order valence-corrected chi connectivity index (χ3v) is 6.44. The van der Waals surface area contributed by atoms with Gasteiger partial charge in [-0.1, -0.05) is 18.2 Å². The van der Waals surface area contributed by atoms with Crippen molar-refractivity contribution in [3.05, 3.63) is 70.6 Å². The molecule has 1 aromatic heterocycles. The molecule has 0 bridgehead atoms. The minimum atomic E-state index is -3.68. The highest BCUT2D eigenvalue weighted by Crippen LogP contribution is 2.20. The third kappa shape index (κ3) is 6.18. The number of nitrogens with one attached hydrogen (secondary N) is 1. The highest BCUT2D eigenvalue weighted by Gasteiger charge is 2.21. The molecule has 0 aliphatic carbocycles. The summed E-state index contributed by atoms with van der Waals surface area (Å²) in [5.74, 6) is -1.10. The van der Waals surface area contributed by atoms with Gasteiger partial charge in [-0.25, -0.2) is 22.3 Å². The van der Waals surface area contributed by atoms with Crippen molar-refractivity contribution in [2.24, 2.45) is 0 Å². The number of benzene rings is 2. The van der Waals surface area contributed by atoms with E-state index in [2.05, 4.69) is 5.32 Å². The van der Waals surface area contributed by atoms with Gasteiger partial charge < -0.3 is 19.2 Å². The van der Waals surface area contributed by atoms with Gasteiger partial charge in [-0.05, 0) is 29.8 Å². The molecular formula is C22H22N2O8S. The Hall–Kier alpha value is -3.70. The molecule has 10 nitrogen and oxygen atoms in total. The van der Waals surface area contributed by atoms with Crippen LogP contribution in [0, 0.1) is 0 Å². The minimum Gasteiger partial charge on any atom is -0.482 e. The summed E-state index contributed by atoms with van der Waals surface area (Å²) in [5, 5.41) is 3.22. The predicted molar refractivity (Wildman–Crippen MR) is 118 cm³/mol. The van der Waals surface area contributed by atoms with Gasteiger partial charge in [0.05, 0.1) is 4.90 Å². The number of amides is 1. The summed E-state index contributed by atoms with van der Waals surface area (Å²) in [6.45, 7) is -1.07. The lowest BCUT2D eigenvalue weighted by Gasteiger charge is -2.15. The molecule has 0 atom stereocenters. The van der Waals surface area contributed by atoms with Gasteiger partial charge in [0.15, 0.2) is 13.2 Å². The summed E-state index contributed by atoms with van der Waals surface area (Å²) in [6.07, 6.45) is 0. The van der Waals surface area contributed by atoms with Crippen molar-refractivity contribution in [2.45, 2.75) is 11.4 Å². The van der Waals surface area contributed by atoms with Crippen molar-refractivity contribution < 1.29 is 31.9 Å². The fraction of sp³-hybridized carbons (Fsp3) is 0.227. The van der Waals surface area contributed by atoms with Crippen molar-refractivity contribution in [1.82, 2.24) is 9.62 Å². The molecule has 0 unspecified atom stereocenters. The van der Waals surface area contributed by atoms with Crippen LogP contribution < -0.4 is 15.7 Å². The molecule has 11 heteroatoms. The second-order valence-electron chi connectivity index (χ2n) is 7.08. The molecule has 174 valence electrons. The maximum atomic E-state index is 12.4. The zero-order valence-corrected chi connectivity index (χ0v) is 18.8. The number of rotatable bonds is 9. The molecular weight excluding hydrogens is 452 g/mol. The van der Waals surface area contributed by atoms with Crippen LogP contribution in [0.15, 0.2) is 68.7 Å². The van der Waals surface area contributed by atoms with Crippen LogP contribution >= 0.6 is 0 Å². The van der Waals surface area contributed by atoms with Gasteiger partial charge in [-0.2, -0.15) is 0 Å². The van der Waals surface area contributed by atoms with E-state index in [0.29, 0.717) is 16.5 Å². The van der Waals surface area contributed by atoms with E-state index < -0.39 is 40.7 Å². The molecule has 0 aliphatic heterocycles. The van der Waals surface area contributed by atoms with Crippen LogP contribution in [0.25, 0.3) is 11.0 Å². The largest absolute Gasteiger partial charge is 0.482 e. The number of hydrogen-bond donors (Lipinski definition) is 1. The highest BCUT2D eigenvalue weighted by molar-refractivity contribution is 7.89. The van der Waals surface area contributed by atoms with Crippen LogP contribution in [0.3, 0.4) is 0 Å². The fourth-order valence-electron chi connectivity index (χ4n) is 2.80. The number of carbonyl (C=O) groups excluding carboxylic acids is 2. The van der Waals surface area contributed by atoms with Crippen molar-refractivity contribution >= 4 is 32.9 Å². The molecule has 0 saturated carbocycles. The van der Waals surface area contributed by atoms with Gasteiger partial charge in [-0.15, -0.1) is 0 Å². The Bertz CT molecular complexity index is 1330. The number of hydrogen-bond acceptors (Lipinski definition) is 8. The first-order valence-electron chi connectivity index (χ1n) is 9.76. The maximum Gasteiger partial charge on any atom is 0.344 e. The SMILES string of the molecule is CN(C)S(=O)(=O)c1ccccc1CNC(=O)COC(=O)COc1ccc2ccc(=O)oc2c1. The van der Waals surface area contributed by atoms with Gasteiger partial charge in [0, 0.05) is 38.2 Å². The van der Waals surface area contributed by atoms with Gasteiger partial charge in [-0.3, -0.25) is 4.79 Å². The maximum absolute atomic E-state index is 12.4. The molecule has 33 heavy (non-hydrogen) atoms. The summed E-state index contributed by atoms with van der Waals surface area (Å²) in [4.78, 5) is 35.3. The molecule has 0 fully saturated rings. The van der Waals surface area contributed by atoms with Crippen molar-refractivity contribution in [3.8, 4) is 5.75 Å². The molecule has 1 N–H and O–H groups in total. The predicted octanol–water partition coefficient (Wildman–Crippen LogP) is 1.28. The van der Waals surface area contributed by atoms with E-state index in [0.717, 1.165) is 4.31 Å². The first kappa shape index (κ1) is 24.0. The van der Waals surface area contributed by atoms with Crippen molar-refractivity contribution in [1.29, 1.82) is 0 Å². The Morgan fingerprint density at radius 2 is 1.76 bits per heavy atom. The lowest BCUT2D eigenvalue weighted by molar-refractivity contribution is -0.150. The lowest BCUT2D eigenvalue weighted by atomic mass is 10.2. The number of carbonyl (C=O) groups is 2. The number of ether oxygens (including phenoxy) is 2. The Labute approximate surface area is 189 Å². The van der Waals surface area contributed by atoms with Gasteiger partial charge in [0.1, 0.15) is 11.3 Å². The third-order valence-electron chi connectivity index (χ3n) is 4.52.